The molecule has 1 aromatic carbocycles. The number of nitrogens with two attached hydrogens (primary N) is 1. The summed E-state index contributed by atoms with van der Waals surface area (Å²) in [5.74, 6) is 2.09. The fourth-order valence-corrected chi connectivity index (χ4v) is 4.98. The fourth-order valence-electron chi connectivity index (χ4n) is 4.74. The van der Waals surface area contributed by atoms with Gasteiger partial charge in [-0.2, -0.15) is 0 Å². The van der Waals surface area contributed by atoms with Crippen molar-refractivity contribution in [2.45, 2.75) is 24.9 Å². The summed E-state index contributed by atoms with van der Waals surface area (Å²) in [7, 11) is 1.69. The third-order valence-corrected chi connectivity index (χ3v) is 6.31. The minimum absolute atomic E-state index is 0.0302. The summed E-state index contributed by atoms with van der Waals surface area (Å²) in [4.78, 5) is 11.9. The van der Waals surface area contributed by atoms with Gasteiger partial charge in [-0.25, -0.2) is 0 Å². The summed E-state index contributed by atoms with van der Waals surface area (Å²) in [6.45, 7) is 6.21. The number of methoxy groups -OCH3 is 1. The Labute approximate surface area is 168 Å². The second-order valence-electron chi connectivity index (χ2n) is 7.44. The molecule has 0 amide bonds. The molecule has 2 aromatic rings. The SMILES string of the molecule is C=C[C@H]1CN2CC[C@H]1C[C@H]2[C@@H](N=C(N)[Se])c1ccnc2ccc(OC)cc12. The molecule has 27 heavy (non-hydrogen) atoms. The number of amidine groups is 1. The Hall–Kier alpha value is -1.88. The van der Waals surface area contributed by atoms with E-state index in [1.807, 2.05) is 18.3 Å². The first-order valence-electron chi connectivity index (χ1n) is 9.40. The second-order valence-corrected chi connectivity index (χ2v) is 8.32. The molecule has 3 fully saturated rings. The molecular weight excluding hydrogens is 403 g/mol. The molecule has 2 bridgehead atoms. The van der Waals surface area contributed by atoms with Gasteiger partial charge in [0.1, 0.15) is 0 Å². The zero-order valence-corrected chi connectivity index (χ0v) is 17.3. The predicted octanol–water partition coefficient (Wildman–Crippen LogP) is 2.66. The van der Waals surface area contributed by atoms with Crippen LogP contribution in [-0.2, 0) is 0 Å². The van der Waals surface area contributed by atoms with E-state index in [2.05, 4.69) is 50.7 Å². The monoisotopic (exact) mass is 429 g/mol. The molecule has 3 aliphatic heterocycles. The molecule has 5 nitrogen and oxygen atoms in total. The van der Waals surface area contributed by atoms with Crippen LogP contribution in [-0.4, -0.2) is 56.9 Å². The zero-order valence-electron chi connectivity index (χ0n) is 15.5. The fraction of sp³-hybridized carbons (Fsp3) is 0.429. The number of nitrogens with zero attached hydrogens (tertiary/aromatic N) is 3. The quantitative estimate of drug-likeness (QED) is 0.344. The number of hydrogen-bond donors (Lipinski definition) is 1. The van der Waals surface area contributed by atoms with Gasteiger partial charge in [0, 0.05) is 0 Å². The first-order valence-corrected chi connectivity index (χ1v) is 10.3. The van der Waals surface area contributed by atoms with Gasteiger partial charge in [0.2, 0.25) is 0 Å². The molecule has 0 saturated carbocycles. The average Bonchev–Trinajstić information content (AvgIpc) is 2.71. The second kappa shape index (κ2) is 7.62. The van der Waals surface area contributed by atoms with Crippen LogP contribution in [0.1, 0.15) is 24.4 Å². The molecule has 6 heteroatoms. The van der Waals surface area contributed by atoms with Crippen LogP contribution in [0.25, 0.3) is 10.9 Å². The Morgan fingerprint density at radius 3 is 3.00 bits per heavy atom. The van der Waals surface area contributed by atoms with E-state index in [1.54, 1.807) is 7.11 Å². The standard InChI is InChI=1S/C21H25N4OSe/c1-3-13-12-25-9-7-14(13)10-19(25)20(24-21(22)27)16-6-8-23-18-5-4-15(26-2)11-17(16)18/h3-6,8,11,13-14,19-20H,1,7,9-10,12H2,2H3,(H2,22,24)/t13-,14-,19-,20-/m0/s1. The Kier molecular flexibility index (Phi) is 5.22. The zero-order chi connectivity index (χ0) is 19.0. The van der Waals surface area contributed by atoms with Crippen LogP contribution < -0.4 is 10.5 Å². The van der Waals surface area contributed by atoms with Crippen LogP contribution >= 0.6 is 0 Å². The van der Waals surface area contributed by atoms with Crippen LogP contribution in [0.5, 0.6) is 5.75 Å². The number of aromatic nitrogens is 1. The van der Waals surface area contributed by atoms with E-state index < -0.39 is 0 Å². The number of ether oxygens (including phenoxy) is 1. The number of piperidine rings is 3. The third-order valence-electron chi connectivity index (χ3n) is 6.09. The number of hydrogen-bond acceptors (Lipinski definition) is 4. The van der Waals surface area contributed by atoms with Gasteiger partial charge in [-0.1, -0.05) is 0 Å². The maximum absolute atomic E-state index is 6.01. The molecule has 0 spiro atoms. The number of benzene rings is 1. The van der Waals surface area contributed by atoms with Crippen LogP contribution in [0.3, 0.4) is 0 Å². The normalized spacial score (nSPS) is 28.9. The van der Waals surface area contributed by atoms with Crippen molar-refractivity contribution in [1.82, 2.24) is 9.88 Å². The van der Waals surface area contributed by atoms with Crippen molar-refractivity contribution in [2.24, 2.45) is 22.6 Å². The molecule has 2 N–H and O–H groups in total. The van der Waals surface area contributed by atoms with Crippen molar-refractivity contribution in [3.63, 3.8) is 0 Å². The minimum atomic E-state index is -0.0302. The average molecular weight is 428 g/mol. The molecule has 3 aliphatic rings. The van der Waals surface area contributed by atoms with E-state index in [4.69, 9.17) is 15.5 Å². The van der Waals surface area contributed by atoms with Crippen LogP contribution in [0.15, 0.2) is 48.1 Å². The number of fused-ring (bicyclic) bond motifs is 4. The summed E-state index contributed by atoms with van der Waals surface area (Å²) in [5, 5.41) is 1.08. The molecule has 5 rings (SSSR count). The van der Waals surface area contributed by atoms with E-state index in [-0.39, 0.29) is 6.04 Å². The molecule has 3 saturated heterocycles. The predicted molar refractivity (Wildman–Crippen MR) is 110 cm³/mol. The maximum atomic E-state index is 6.01. The molecule has 1 aromatic heterocycles. The van der Waals surface area contributed by atoms with Gasteiger partial charge in [-0.05, 0) is 0 Å². The molecule has 1 radical (unpaired) electrons. The van der Waals surface area contributed by atoms with Crippen molar-refractivity contribution in [2.75, 3.05) is 20.2 Å². The summed E-state index contributed by atoms with van der Waals surface area (Å²) < 4.78 is 5.94. The Balaban J connectivity index is 1.79. The Morgan fingerprint density at radius 2 is 2.33 bits per heavy atom. The third kappa shape index (κ3) is 3.49. The summed E-state index contributed by atoms with van der Waals surface area (Å²) in [6.07, 6.45) is 6.35. The number of rotatable bonds is 5. The Bertz CT molecular complexity index is 880. The summed E-state index contributed by atoms with van der Waals surface area (Å²) >= 11 is 2.87. The van der Waals surface area contributed by atoms with Gasteiger partial charge in [0.05, 0.1) is 0 Å². The van der Waals surface area contributed by atoms with Gasteiger partial charge in [-0.15, -0.1) is 0 Å². The summed E-state index contributed by atoms with van der Waals surface area (Å²) in [5.41, 5.74) is 8.12. The Morgan fingerprint density at radius 1 is 1.48 bits per heavy atom. The van der Waals surface area contributed by atoms with Crippen molar-refractivity contribution < 1.29 is 4.74 Å². The van der Waals surface area contributed by atoms with Gasteiger partial charge >= 0.3 is 168 Å². The van der Waals surface area contributed by atoms with Crippen LogP contribution in [0, 0.1) is 11.8 Å². The number of aliphatic imine (C=N–C) groups is 1. The van der Waals surface area contributed by atoms with Crippen molar-refractivity contribution in [3.8, 4) is 5.75 Å². The van der Waals surface area contributed by atoms with Gasteiger partial charge in [-0.3, -0.25) is 0 Å². The van der Waals surface area contributed by atoms with Crippen LogP contribution in [0.2, 0.25) is 0 Å². The van der Waals surface area contributed by atoms with E-state index in [1.165, 1.54) is 6.42 Å². The van der Waals surface area contributed by atoms with E-state index in [0.29, 0.717) is 22.6 Å². The molecule has 5 atom stereocenters. The van der Waals surface area contributed by atoms with Gasteiger partial charge in [0.15, 0.2) is 0 Å². The number of pyridine rings is 1. The van der Waals surface area contributed by atoms with Crippen molar-refractivity contribution >= 4 is 31.6 Å². The molecule has 4 heterocycles. The van der Waals surface area contributed by atoms with E-state index >= 15 is 0 Å². The molecule has 141 valence electrons. The van der Waals surface area contributed by atoms with Crippen LogP contribution in [0.4, 0.5) is 0 Å². The molecule has 0 aliphatic carbocycles. The first-order chi connectivity index (χ1) is 13.1. The topological polar surface area (TPSA) is 63.7 Å². The molecular formula is C21H25N4OSe. The van der Waals surface area contributed by atoms with E-state index in [9.17, 15) is 0 Å². The summed E-state index contributed by atoms with van der Waals surface area (Å²) in [6, 6.07) is 8.38. The van der Waals surface area contributed by atoms with Crippen molar-refractivity contribution in [3.05, 3.63) is 48.7 Å². The van der Waals surface area contributed by atoms with Gasteiger partial charge < -0.3 is 0 Å². The van der Waals surface area contributed by atoms with Gasteiger partial charge in [0.25, 0.3) is 0 Å². The van der Waals surface area contributed by atoms with Crippen molar-refractivity contribution in [1.29, 1.82) is 0 Å². The first kappa shape index (κ1) is 18.5. The molecule has 1 unspecified atom stereocenters. The van der Waals surface area contributed by atoms with E-state index in [0.717, 1.165) is 41.7 Å².